The molecule has 7 N–H and O–H groups in total. The molecule has 0 spiro atoms. The minimum absolute atomic E-state index is 0.265. The molecule has 0 aromatic heterocycles. The molecule has 0 aliphatic carbocycles. The molecule has 328 valence electrons. The van der Waals surface area contributed by atoms with Gasteiger partial charge in [-0.15, -0.1) is 0 Å². The normalized spacial score (nSPS) is 22.1. The fourth-order valence-electron chi connectivity index (χ4n) is 7.23. The summed E-state index contributed by atoms with van der Waals surface area (Å²) in [7, 11) is -5.10. The molecule has 1 aliphatic rings. The van der Waals surface area contributed by atoms with Gasteiger partial charge in [0, 0.05) is 0 Å². The van der Waals surface area contributed by atoms with Crippen molar-refractivity contribution in [1.29, 1.82) is 0 Å². The third-order valence-corrected chi connectivity index (χ3v) is 11.2. The quantitative estimate of drug-likeness (QED) is 0.0255. The van der Waals surface area contributed by atoms with Crippen molar-refractivity contribution in [3.63, 3.8) is 0 Å². The molecule has 0 saturated carbocycles. The van der Waals surface area contributed by atoms with Crippen molar-refractivity contribution in [3.8, 4) is 0 Å². The van der Waals surface area contributed by atoms with E-state index in [1.54, 1.807) is 0 Å². The zero-order chi connectivity index (χ0) is 40.7. The Morgan fingerprint density at radius 2 is 1.05 bits per heavy atom. The van der Waals surface area contributed by atoms with E-state index in [1.807, 2.05) is 0 Å². The summed E-state index contributed by atoms with van der Waals surface area (Å²) in [5.41, 5.74) is 0. The number of amides is 1. The number of hydrogen-bond acceptors (Lipinski definition) is 11. The van der Waals surface area contributed by atoms with Crippen LogP contribution in [-0.2, 0) is 28.9 Å². The predicted octanol–water partition coefficient (Wildman–Crippen LogP) is 6.80. The SMILES string of the molecule is CCCCCCCCCCCCCCCCCCC(O)C(=O)NC(COC1OC(CO)C(O)C(OS(=O)(=O)O)C1O)C(O)CCCCCCCCCCCC. The van der Waals surface area contributed by atoms with Crippen molar-refractivity contribution < 1.29 is 57.0 Å². The summed E-state index contributed by atoms with van der Waals surface area (Å²) in [6.45, 7) is 3.25. The number of unbranched alkanes of at least 4 members (excludes halogenated alkanes) is 24. The third kappa shape index (κ3) is 25.9. The Kier molecular flexibility index (Phi) is 31.2. The molecule has 0 bridgehead atoms. The largest absolute Gasteiger partial charge is 0.397 e. The first kappa shape index (κ1) is 52.1. The summed E-state index contributed by atoms with van der Waals surface area (Å²) in [6, 6.07) is -1.03. The van der Waals surface area contributed by atoms with E-state index in [0.717, 1.165) is 38.5 Å². The number of hydrogen-bond donors (Lipinski definition) is 7. The number of rotatable bonds is 37. The second kappa shape index (κ2) is 33.0. The lowest BCUT2D eigenvalue weighted by Crippen LogP contribution is -2.61. The van der Waals surface area contributed by atoms with Crippen LogP contribution in [0.25, 0.3) is 0 Å². The highest BCUT2D eigenvalue weighted by Gasteiger charge is 2.48. The van der Waals surface area contributed by atoms with E-state index < -0.39 is 78.5 Å². The number of carbonyl (C=O) groups excluding carboxylic acids is 1. The van der Waals surface area contributed by atoms with Gasteiger partial charge in [-0.1, -0.05) is 181 Å². The lowest BCUT2D eigenvalue weighted by Gasteiger charge is -2.41. The van der Waals surface area contributed by atoms with Crippen LogP contribution in [0.15, 0.2) is 0 Å². The lowest BCUT2D eigenvalue weighted by molar-refractivity contribution is -0.298. The van der Waals surface area contributed by atoms with Gasteiger partial charge in [0.25, 0.3) is 0 Å². The van der Waals surface area contributed by atoms with Crippen molar-refractivity contribution in [2.75, 3.05) is 13.2 Å². The summed E-state index contributed by atoms with van der Waals surface area (Å²) in [5.74, 6) is -0.668. The van der Waals surface area contributed by atoms with Crippen LogP contribution in [0.3, 0.4) is 0 Å². The molecule has 1 heterocycles. The Morgan fingerprint density at radius 1 is 0.655 bits per heavy atom. The van der Waals surface area contributed by atoms with Gasteiger partial charge >= 0.3 is 10.4 Å². The van der Waals surface area contributed by atoms with Crippen molar-refractivity contribution in [2.24, 2.45) is 0 Å². The van der Waals surface area contributed by atoms with E-state index in [9.17, 15) is 38.7 Å². The van der Waals surface area contributed by atoms with Gasteiger partial charge in [0.15, 0.2) is 6.29 Å². The zero-order valence-corrected chi connectivity index (χ0v) is 35.2. The molecule has 8 atom stereocenters. The smallest absolute Gasteiger partial charge is 0.394 e. The first-order valence-electron chi connectivity index (χ1n) is 22.0. The molecule has 1 amide bonds. The summed E-state index contributed by atoms with van der Waals surface area (Å²) < 4.78 is 47.4. The number of ether oxygens (including phenoxy) is 2. The summed E-state index contributed by atoms with van der Waals surface area (Å²) in [4.78, 5) is 13.1. The van der Waals surface area contributed by atoms with Crippen LogP contribution < -0.4 is 5.32 Å². The summed E-state index contributed by atoms with van der Waals surface area (Å²) >= 11 is 0. The van der Waals surface area contributed by atoms with Crippen LogP contribution in [0.4, 0.5) is 0 Å². The van der Waals surface area contributed by atoms with Crippen molar-refractivity contribution in [2.45, 2.75) is 243 Å². The third-order valence-electron chi connectivity index (χ3n) is 10.8. The monoisotopic (exact) mass is 812 g/mol. The topological polar surface area (TPSA) is 212 Å². The standard InChI is InChI=1S/C41H81NO12S/c1-3-5-7-9-11-13-15-16-17-18-19-20-22-24-26-28-30-35(45)40(48)42-33(34(44)29-27-25-23-21-14-12-10-8-6-4-2)32-52-41-38(47)39(54-55(49,50)51)37(46)36(31-43)53-41/h33-39,41,43-47H,3-32H2,1-2H3,(H,42,48)(H,49,50,51). The van der Waals surface area contributed by atoms with E-state index in [0.29, 0.717) is 19.3 Å². The Hall–Kier alpha value is -0.940. The average Bonchev–Trinajstić information content (AvgIpc) is 3.15. The highest BCUT2D eigenvalue weighted by atomic mass is 32.3. The van der Waals surface area contributed by atoms with Crippen molar-refractivity contribution in [3.05, 3.63) is 0 Å². The molecule has 0 aromatic rings. The Balaban J connectivity index is 2.55. The van der Waals surface area contributed by atoms with Gasteiger partial charge in [-0.2, -0.15) is 8.42 Å². The maximum Gasteiger partial charge on any atom is 0.397 e. The predicted molar refractivity (Wildman–Crippen MR) is 215 cm³/mol. The van der Waals surface area contributed by atoms with E-state index >= 15 is 0 Å². The highest BCUT2D eigenvalue weighted by Crippen LogP contribution is 2.26. The van der Waals surface area contributed by atoms with Gasteiger partial charge in [0.05, 0.1) is 25.4 Å². The second-order valence-electron chi connectivity index (χ2n) is 15.8. The Labute approximate surface area is 333 Å². The molecular formula is C41H81NO12S. The fourth-order valence-corrected chi connectivity index (χ4v) is 7.74. The van der Waals surface area contributed by atoms with Crippen LogP contribution in [0, 0.1) is 0 Å². The summed E-state index contributed by atoms with van der Waals surface area (Å²) in [5, 5.41) is 55.2. The van der Waals surface area contributed by atoms with Gasteiger partial charge in [-0.25, -0.2) is 4.18 Å². The molecule has 55 heavy (non-hydrogen) atoms. The van der Waals surface area contributed by atoms with Crippen molar-refractivity contribution >= 4 is 16.3 Å². The maximum atomic E-state index is 13.1. The van der Waals surface area contributed by atoms with E-state index in [2.05, 4.69) is 23.3 Å². The molecule has 13 nitrogen and oxygen atoms in total. The molecule has 1 rings (SSSR count). The van der Waals surface area contributed by atoms with Gasteiger partial charge < -0.3 is 40.3 Å². The molecular weight excluding hydrogens is 731 g/mol. The average molecular weight is 812 g/mol. The molecule has 1 fully saturated rings. The van der Waals surface area contributed by atoms with E-state index in [1.165, 1.54) is 116 Å². The Morgan fingerprint density at radius 3 is 1.45 bits per heavy atom. The van der Waals surface area contributed by atoms with Crippen LogP contribution in [0.2, 0.25) is 0 Å². The number of aliphatic hydroxyl groups excluding tert-OH is 5. The van der Waals surface area contributed by atoms with Gasteiger partial charge in [-0.3, -0.25) is 9.35 Å². The van der Waals surface area contributed by atoms with Crippen LogP contribution in [0.5, 0.6) is 0 Å². The van der Waals surface area contributed by atoms with E-state index in [-0.39, 0.29) is 6.42 Å². The maximum absolute atomic E-state index is 13.1. The highest BCUT2D eigenvalue weighted by molar-refractivity contribution is 7.80. The van der Waals surface area contributed by atoms with Gasteiger partial charge in [0.2, 0.25) is 5.91 Å². The van der Waals surface area contributed by atoms with Crippen LogP contribution >= 0.6 is 0 Å². The summed E-state index contributed by atoms with van der Waals surface area (Å²) in [6.07, 6.45) is 20.2. The zero-order valence-electron chi connectivity index (χ0n) is 34.4. The minimum atomic E-state index is -5.10. The molecule has 0 radical (unpaired) electrons. The van der Waals surface area contributed by atoms with Crippen LogP contribution in [0.1, 0.15) is 194 Å². The second-order valence-corrected chi connectivity index (χ2v) is 16.8. The van der Waals surface area contributed by atoms with Crippen molar-refractivity contribution in [1.82, 2.24) is 5.32 Å². The lowest BCUT2D eigenvalue weighted by atomic mass is 9.99. The van der Waals surface area contributed by atoms with E-state index in [4.69, 9.17) is 14.0 Å². The minimum Gasteiger partial charge on any atom is -0.394 e. The number of nitrogens with one attached hydrogen (secondary N) is 1. The molecule has 0 aromatic carbocycles. The van der Waals surface area contributed by atoms with Crippen LogP contribution in [-0.4, -0.2) is 107 Å². The van der Waals surface area contributed by atoms with Gasteiger partial charge in [-0.05, 0) is 12.8 Å². The fraction of sp³-hybridized carbons (Fsp3) is 0.976. The number of carbonyl (C=O) groups is 1. The molecule has 14 heteroatoms. The number of aliphatic hydroxyl groups is 5. The first-order valence-corrected chi connectivity index (χ1v) is 23.4. The van der Waals surface area contributed by atoms with Gasteiger partial charge in [0.1, 0.15) is 30.5 Å². The molecule has 1 saturated heterocycles. The molecule has 8 unspecified atom stereocenters. The molecule has 1 aliphatic heterocycles. The Bertz CT molecular complexity index is 1020. The first-order chi connectivity index (χ1) is 26.4.